The van der Waals surface area contributed by atoms with E-state index in [1.807, 2.05) is 0 Å². The van der Waals surface area contributed by atoms with Gasteiger partial charge in [0, 0.05) is 0 Å². The smallest absolute Gasteiger partial charge is 0.412 e. The van der Waals surface area contributed by atoms with Crippen LogP contribution in [0.25, 0.3) is 0 Å². The van der Waals surface area contributed by atoms with E-state index in [9.17, 15) is 0 Å². The van der Waals surface area contributed by atoms with E-state index in [1.165, 1.54) is 0 Å². The van der Waals surface area contributed by atoms with Crippen LogP contribution in [-0.4, -0.2) is 163 Å². The molecule has 0 unspecified atom stereocenters. The molecule has 39 nitrogen and oxygen atoms in total. The third-order valence-corrected chi connectivity index (χ3v) is 0. The van der Waals surface area contributed by atoms with Gasteiger partial charge in [-0.1, -0.05) is 0 Å². The predicted molar refractivity (Wildman–Crippen MR) is 129 cm³/mol. The van der Waals surface area contributed by atoms with Crippen LogP contribution in [-0.2, 0) is 0 Å². The number of nitrogens with zero attached hydrogens (tertiary/aromatic N) is 3. The summed E-state index contributed by atoms with van der Waals surface area (Å²) in [4.78, 5) is 24.8. The van der Waals surface area contributed by atoms with Crippen molar-refractivity contribution in [3.8, 4) is 0 Å². The van der Waals surface area contributed by atoms with Gasteiger partial charge in [0.15, 0.2) is 0 Å². The number of hydrogen-bond acceptors (Lipinski definition) is 9. The van der Waals surface area contributed by atoms with Crippen molar-refractivity contribution in [3.05, 3.63) is 46.0 Å². The molecule has 40 heavy (non-hydrogen) atoms. The van der Waals surface area contributed by atoms with Crippen LogP contribution in [0.5, 0.6) is 0 Å². The summed E-state index contributed by atoms with van der Waals surface area (Å²) in [7, 11) is 0. The largest absolute Gasteiger partial charge is 3.00 e. The van der Waals surface area contributed by atoms with Crippen LogP contribution in [0.3, 0.4) is 0 Å². The second-order valence-corrected chi connectivity index (χ2v) is 0.671. The van der Waals surface area contributed by atoms with Gasteiger partial charge in [0.25, 0.3) is 0 Å². The zero-order valence-corrected chi connectivity index (χ0v) is 22.7. The second-order valence-electron chi connectivity index (χ2n) is 0.671. The van der Waals surface area contributed by atoms with Gasteiger partial charge >= 0.3 is 35.6 Å². The predicted octanol–water partition coefficient (Wildman–Crippen LogP) is -23.0. The third-order valence-electron chi connectivity index (χ3n) is 0. The average Bonchev–Trinajstić information content (AvgIpc) is 1.54. The first kappa shape index (κ1) is 1130. The molecular weight excluding hydrogens is 757 g/mol. The SMILES string of the molecule is O.O.O.O.O.O.O.O.O.O.O.O.O.O.O.O.O.O.O.O.O.O.O.O.O.O.O.O=[N+]([O-])[O-].O=[N+]([O-])[O-].O=[N+]([O-])[O-].[La+3]. The van der Waals surface area contributed by atoms with Gasteiger partial charge in [0.2, 0.25) is 0 Å². The Hall–Kier alpha value is -2.29. The molecule has 0 bridgehead atoms. The Bertz CT molecular complexity index is 120. The average molecular weight is 811 g/mol. The molecule has 0 aliphatic carbocycles. The molecule has 0 fully saturated rings. The zero-order valence-electron chi connectivity index (χ0n) is 19.1. The molecule has 0 aliphatic heterocycles. The third kappa shape index (κ3) is 8240. The summed E-state index contributed by atoms with van der Waals surface area (Å²) in [5.74, 6) is 0. The molecule has 54 N–H and O–H groups in total. The van der Waals surface area contributed by atoms with Gasteiger partial charge in [-0.25, -0.2) is 0 Å². The Morgan fingerprint density at radius 3 is 0.200 bits per heavy atom. The minimum absolute atomic E-state index is 0. The van der Waals surface area contributed by atoms with E-state index < -0.39 is 15.3 Å². The Morgan fingerprint density at radius 2 is 0.200 bits per heavy atom. The summed E-state index contributed by atoms with van der Waals surface area (Å²) in [6.45, 7) is 0. The van der Waals surface area contributed by atoms with Crippen molar-refractivity contribution < 1.29 is 199 Å². The monoisotopic (exact) mass is 811 g/mol. The Morgan fingerprint density at radius 1 is 0.200 bits per heavy atom. The summed E-state index contributed by atoms with van der Waals surface area (Å²) in [6, 6.07) is 0. The van der Waals surface area contributed by atoms with Crippen LogP contribution in [0, 0.1) is 81.6 Å². The van der Waals surface area contributed by atoms with E-state index in [4.69, 9.17) is 46.0 Å². The maximum atomic E-state index is 8.25. The normalized spacial score (nSPS) is 1.80. The summed E-state index contributed by atoms with van der Waals surface area (Å²) in [6.07, 6.45) is 0. The van der Waals surface area contributed by atoms with Crippen LogP contribution in [0.1, 0.15) is 0 Å². The van der Waals surface area contributed by atoms with Gasteiger partial charge in [-0.3, -0.25) is 0 Å². The topological polar surface area (TPSA) is 1050 Å². The number of rotatable bonds is 0. The number of hydrogen-bond donors (Lipinski definition) is 0. The van der Waals surface area contributed by atoms with Gasteiger partial charge in [0.1, 0.15) is 0 Å². The van der Waals surface area contributed by atoms with Crippen molar-refractivity contribution in [1.82, 2.24) is 0 Å². The van der Waals surface area contributed by atoms with E-state index >= 15 is 0 Å². The summed E-state index contributed by atoms with van der Waals surface area (Å²) >= 11 is 0. The molecule has 0 spiro atoms. The molecule has 0 amide bonds. The Kier molecular flexibility index (Phi) is 29300. The first-order valence-electron chi connectivity index (χ1n) is 1.64. The molecular formula is H54LaN3O36. The molecule has 0 aliphatic rings. The van der Waals surface area contributed by atoms with Gasteiger partial charge in [0.05, 0.1) is 15.3 Å². The van der Waals surface area contributed by atoms with Crippen LogP contribution < -0.4 is 0 Å². The van der Waals surface area contributed by atoms with Crippen molar-refractivity contribution in [1.29, 1.82) is 0 Å². The van der Waals surface area contributed by atoms with Crippen LogP contribution in [0.4, 0.5) is 0 Å². The minimum atomic E-state index is -1.75. The molecule has 0 radical (unpaired) electrons. The molecule has 288 valence electrons. The maximum absolute atomic E-state index is 8.25. The fourth-order valence-corrected chi connectivity index (χ4v) is 0. The van der Waals surface area contributed by atoms with E-state index in [0.717, 1.165) is 0 Å². The minimum Gasteiger partial charge on any atom is -0.412 e. The summed E-state index contributed by atoms with van der Waals surface area (Å²) in [5, 5.41) is 44.2. The molecule has 0 aromatic rings. The fourth-order valence-electron chi connectivity index (χ4n) is 0. The fraction of sp³-hybridized carbons (Fsp3) is 0. The first-order valence-corrected chi connectivity index (χ1v) is 1.64. The Balaban J connectivity index is -0.000000000776. The van der Waals surface area contributed by atoms with E-state index in [0.29, 0.717) is 0 Å². The van der Waals surface area contributed by atoms with E-state index in [-0.39, 0.29) is 183 Å². The molecule has 0 saturated heterocycles. The van der Waals surface area contributed by atoms with Gasteiger partial charge in [-0.2, -0.15) is 0 Å². The van der Waals surface area contributed by atoms with E-state index in [2.05, 4.69) is 0 Å². The Labute approximate surface area is 245 Å². The van der Waals surface area contributed by atoms with Crippen molar-refractivity contribution in [2.24, 2.45) is 0 Å². The second kappa shape index (κ2) is 1040. The quantitative estimate of drug-likeness (QED) is 0.165. The molecule has 0 aromatic heterocycles. The van der Waals surface area contributed by atoms with Crippen LogP contribution >= 0.6 is 0 Å². The van der Waals surface area contributed by atoms with Crippen molar-refractivity contribution in [2.45, 2.75) is 0 Å². The molecule has 0 saturated carbocycles. The summed E-state index contributed by atoms with van der Waals surface area (Å²) in [5.41, 5.74) is 0. The van der Waals surface area contributed by atoms with Gasteiger partial charge < -0.3 is 194 Å². The van der Waals surface area contributed by atoms with Gasteiger partial charge in [-0.15, -0.1) is 0 Å². The van der Waals surface area contributed by atoms with Crippen molar-refractivity contribution >= 4 is 0 Å². The van der Waals surface area contributed by atoms with Gasteiger partial charge in [-0.05, 0) is 0 Å². The molecule has 0 atom stereocenters. The van der Waals surface area contributed by atoms with Crippen LogP contribution in [0.15, 0.2) is 0 Å². The molecule has 0 rings (SSSR count). The first-order chi connectivity index (χ1) is 5.20. The molecule has 0 aromatic carbocycles. The summed E-state index contributed by atoms with van der Waals surface area (Å²) < 4.78 is 0. The van der Waals surface area contributed by atoms with E-state index in [1.54, 1.807) is 0 Å². The standard InChI is InChI=1S/La.3NO3.27H2O/c;3*2-1(3)4;;;;;;;;;;;;;;;;;;;;;;;;;;;/h;;;;27*1H2/q+3;3*-1;;;;;;;;;;;;;;;;;;;;;;;;;;;. The van der Waals surface area contributed by atoms with Crippen molar-refractivity contribution in [3.63, 3.8) is 0 Å². The molecule has 0 heterocycles. The van der Waals surface area contributed by atoms with Crippen molar-refractivity contribution in [2.75, 3.05) is 0 Å². The van der Waals surface area contributed by atoms with Crippen LogP contribution in [0.2, 0.25) is 0 Å². The molecule has 40 heteroatoms. The maximum Gasteiger partial charge on any atom is 3.00 e. The zero-order chi connectivity index (χ0) is 10.7.